The SMILES string of the molecule is Cn1c(-c2cccs2)nnc1C(S)c1noc(-c2cc(Br)ccc2F)n1. The Hall–Kier alpha value is -2.04. The van der Waals surface area contributed by atoms with Crippen molar-refractivity contribution >= 4 is 39.9 Å². The molecule has 4 rings (SSSR count). The second-order valence-corrected chi connectivity index (χ2v) is 7.78. The molecule has 0 saturated heterocycles. The molecule has 1 unspecified atom stereocenters. The summed E-state index contributed by atoms with van der Waals surface area (Å²) in [5.74, 6) is 1.22. The van der Waals surface area contributed by atoms with Crippen LogP contribution in [0, 0.1) is 5.82 Å². The lowest BCUT2D eigenvalue weighted by molar-refractivity contribution is 0.420. The van der Waals surface area contributed by atoms with Crippen LogP contribution >= 0.6 is 39.9 Å². The number of thiophene rings is 1. The van der Waals surface area contributed by atoms with E-state index in [4.69, 9.17) is 4.52 Å². The second kappa shape index (κ2) is 6.93. The zero-order valence-electron chi connectivity index (χ0n) is 13.3. The Morgan fingerprint density at radius 1 is 1.31 bits per heavy atom. The Balaban J connectivity index is 1.67. The van der Waals surface area contributed by atoms with E-state index in [1.54, 1.807) is 23.5 Å². The minimum Gasteiger partial charge on any atom is -0.334 e. The molecule has 3 aromatic heterocycles. The molecule has 0 amide bonds. The number of rotatable bonds is 4. The number of benzene rings is 1. The van der Waals surface area contributed by atoms with Gasteiger partial charge in [-0.05, 0) is 29.6 Å². The van der Waals surface area contributed by atoms with Crippen LogP contribution in [0.2, 0.25) is 0 Å². The first-order chi connectivity index (χ1) is 12.5. The van der Waals surface area contributed by atoms with Crippen molar-refractivity contribution in [3.8, 4) is 22.2 Å². The first kappa shape index (κ1) is 17.4. The summed E-state index contributed by atoms with van der Waals surface area (Å²) in [5, 5.41) is 13.8. The number of aromatic nitrogens is 5. The van der Waals surface area contributed by atoms with Crippen molar-refractivity contribution in [2.75, 3.05) is 0 Å². The molecule has 0 N–H and O–H groups in total. The van der Waals surface area contributed by atoms with Gasteiger partial charge in [0.25, 0.3) is 5.89 Å². The Morgan fingerprint density at radius 3 is 2.92 bits per heavy atom. The van der Waals surface area contributed by atoms with Gasteiger partial charge in [-0.25, -0.2) is 4.39 Å². The van der Waals surface area contributed by atoms with Gasteiger partial charge in [-0.3, -0.25) is 0 Å². The maximum atomic E-state index is 14.0. The normalized spacial score (nSPS) is 12.5. The minimum atomic E-state index is -0.561. The van der Waals surface area contributed by atoms with Crippen LogP contribution in [-0.4, -0.2) is 24.9 Å². The molecule has 6 nitrogen and oxygen atoms in total. The third kappa shape index (κ3) is 3.08. The maximum Gasteiger partial charge on any atom is 0.260 e. The van der Waals surface area contributed by atoms with Crippen LogP contribution in [-0.2, 0) is 7.05 Å². The summed E-state index contributed by atoms with van der Waals surface area (Å²) in [5.41, 5.74) is 0.218. The predicted molar refractivity (Wildman–Crippen MR) is 103 cm³/mol. The molecule has 0 aliphatic carbocycles. The molecule has 0 radical (unpaired) electrons. The topological polar surface area (TPSA) is 69.6 Å². The van der Waals surface area contributed by atoms with Crippen LogP contribution in [0.5, 0.6) is 0 Å². The molecular weight excluding hydrogens is 441 g/mol. The summed E-state index contributed by atoms with van der Waals surface area (Å²) in [7, 11) is 1.85. The third-order valence-corrected chi connectivity index (χ3v) is 5.56. The molecule has 10 heteroatoms. The Labute approximate surface area is 165 Å². The van der Waals surface area contributed by atoms with Crippen LogP contribution in [0.15, 0.2) is 44.7 Å². The van der Waals surface area contributed by atoms with Gasteiger partial charge >= 0.3 is 0 Å². The van der Waals surface area contributed by atoms with Crippen molar-refractivity contribution in [3.05, 3.63) is 57.7 Å². The molecule has 132 valence electrons. The van der Waals surface area contributed by atoms with Gasteiger partial charge in [0.15, 0.2) is 17.5 Å². The first-order valence-electron chi connectivity index (χ1n) is 7.45. The molecule has 0 spiro atoms. The van der Waals surface area contributed by atoms with Crippen molar-refractivity contribution < 1.29 is 8.91 Å². The largest absolute Gasteiger partial charge is 0.334 e. The molecule has 0 aliphatic rings. The zero-order chi connectivity index (χ0) is 18.3. The quantitative estimate of drug-likeness (QED) is 0.462. The Kier molecular flexibility index (Phi) is 4.63. The number of thiol groups is 1. The third-order valence-electron chi connectivity index (χ3n) is 3.74. The van der Waals surface area contributed by atoms with E-state index in [-0.39, 0.29) is 17.3 Å². The van der Waals surface area contributed by atoms with Crippen LogP contribution in [0.25, 0.3) is 22.2 Å². The standard InChI is InChI=1S/C16H11BrFN5OS2/c1-23-14(11-3-2-6-26-11)20-21-15(23)12(25)13-19-16(24-22-13)9-7-8(17)4-5-10(9)18/h2-7,12,25H,1H3. The monoisotopic (exact) mass is 451 g/mol. The molecular formula is C16H11BrFN5OS2. The summed E-state index contributed by atoms with van der Waals surface area (Å²) in [4.78, 5) is 5.28. The lowest BCUT2D eigenvalue weighted by Crippen LogP contribution is -2.05. The van der Waals surface area contributed by atoms with Crippen LogP contribution in [0.3, 0.4) is 0 Å². The van der Waals surface area contributed by atoms with Gasteiger partial charge in [-0.2, -0.15) is 17.6 Å². The van der Waals surface area contributed by atoms with E-state index in [0.29, 0.717) is 10.3 Å². The Bertz CT molecular complexity index is 1060. The van der Waals surface area contributed by atoms with Crippen LogP contribution < -0.4 is 0 Å². The predicted octanol–water partition coefficient (Wildman–Crippen LogP) is 4.51. The zero-order valence-corrected chi connectivity index (χ0v) is 16.6. The fourth-order valence-electron chi connectivity index (χ4n) is 2.43. The van der Waals surface area contributed by atoms with E-state index in [0.717, 1.165) is 10.7 Å². The van der Waals surface area contributed by atoms with E-state index < -0.39 is 11.1 Å². The van der Waals surface area contributed by atoms with E-state index in [1.807, 2.05) is 29.1 Å². The average molecular weight is 452 g/mol. The highest BCUT2D eigenvalue weighted by Crippen LogP contribution is 2.31. The van der Waals surface area contributed by atoms with Crippen molar-refractivity contribution in [1.29, 1.82) is 0 Å². The summed E-state index contributed by atoms with van der Waals surface area (Å²) >= 11 is 9.43. The highest BCUT2D eigenvalue weighted by molar-refractivity contribution is 9.10. The lowest BCUT2D eigenvalue weighted by Gasteiger charge is -2.06. The summed E-state index contributed by atoms with van der Waals surface area (Å²) in [6, 6.07) is 8.43. The molecule has 0 saturated carbocycles. The fraction of sp³-hybridized carbons (Fsp3) is 0.125. The molecule has 1 aromatic carbocycles. The number of nitrogens with zero attached hydrogens (tertiary/aromatic N) is 5. The molecule has 1 atom stereocenters. The van der Waals surface area contributed by atoms with Gasteiger partial charge in [0, 0.05) is 11.5 Å². The molecule has 0 bridgehead atoms. The van der Waals surface area contributed by atoms with Gasteiger partial charge in [0.05, 0.1) is 10.4 Å². The number of halogens is 2. The minimum absolute atomic E-state index is 0.0819. The maximum absolute atomic E-state index is 14.0. The van der Waals surface area contributed by atoms with Gasteiger partial charge in [0.1, 0.15) is 11.1 Å². The van der Waals surface area contributed by atoms with Crippen LogP contribution in [0.1, 0.15) is 16.9 Å². The average Bonchev–Trinajstić information content (AvgIpc) is 3.36. The summed E-state index contributed by atoms with van der Waals surface area (Å²) < 4.78 is 21.8. The number of hydrogen-bond acceptors (Lipinski definition) is 7. The molecule has 0 fully saturated rings. The molecule has 26 heavy (non-hydrogen) atoms. The molecule has 4 aromatic rings. The van der Waals surface area contributed by atoms with Gasteiger partial charge in [0.2, 0.25) is 0 Å². The number of hydrogen-bond donors (Lipinski definition) is 1. The second-order valence-electron chi connectivity index (χ2n) is 5.40. The highest BCUT2D eigenvalue weighted by Gasteiger charge is 2.24. The smallest absolute Gasteiger partial charge is 0.260 e. The Morgan fingerprint density at radius 2 is 2.15 bits per heavy atom. The van der Waals surface area contributed by atoms with Crippen molar-refractivity contribution in [2.45, 2.75) is 5.25 Å². The summed E-state index contributed by atoms with van der Waals surface area (Å²) in [6.07, 6.45) is 0. The lowest BCUT2D eigenvalue weighted by atomic mass is 10.2. The van der Waals surface area contributed by atoms with Crippen LogP contribution in [0.4, 0.5) is 4.39 Å². The first-order valence-corrected chi connectivity index (χ1v) is 9.63. The molecule has 0 aliphatic heterocycles. The van der Waals surface area contributed by atoms with E-state index in [2.05, 4.69) is 48.9 Å². The summed E-state index contributed by atoms with van der Waals surface area (Å²) in [6.45, 7) is 0. The van der Waals surface area contributed by atoms with E-state index in [9.17, 15) is 4.39 Å². The molecule has 3 heterocycles. The van der Waals surface area contributed by atoms with E-state index >= 15 is 0 Å². The van der Waals surface area contributed by atoms with Gasteiger partial charge < -0.3 is 9.09 Å². The van der Waals surface area contributed by atoms with Gasteiger partial charge in [-0.15, -0.1) is 21.5 Å². The van der Waals surface area contributed by atoms with Crippen molar-refractivity contribution in [2.24, 2.45) is 7.05 Å². The van der Waals surface area contributed by atoms with Crippen molar-refractivity contribution in [1.82, 2.24) is 24.9 Å². The fourth-order valence-corrected chi connectivity index (χ4v) is 3.87. The van der Waals surface area contributed by atoms with Gasteiger partial charge in [-0.1, -0.05) is 27.2 Å². The highest BCUT2D eigenvalue weighted by atomic mass is 79.9. The van der Waals surface area contributed by atoms with E-state index in [1.165, 1.54) is 6.07 Å². The van der Waals surface area contributed by atoms with Crippen molar-refractivity contribution in [3.63, 3.8) is 0 Å².